The quantitative estimate of drug-likeness (QED) is 0.0472. The second kappa shape index (κ2) is 29.5. The number of thioether (sulfide) groups is 4. The van der Waals surface area contributed by atoms with Crippen LogP contribution in [0.4, 0.5) is 0 Å². The van der Waals surface area contributed by atoms with Gasteiger partial charge in [0.1, 0.15) is 0 Å². The van der Waals surface area contributed by atoms with E-state index in [0.29, 0.717) is 46.7 Å². The second-order valence-electron chi connectivity index (χ2n) is 21.5. The highest BCUT2D eigenvalue weighted by molar-refractivity contribution is 7.99. The first-order valence-corrected chi connectivity index (χ1v) is 35.7. The molecule has 0 spiro atoms. The van der Waals surface area contributed by atoms with E-state index in [9.17, 15) is 0 Å². The molecule has 0 radical (unpaired) electrons. The summed E-state index contributed by atoms with van der Waals surface area (Å²) < 4.78 is 4.46. The van der Waals surface area contributed by atoms with Gasteiger partial charge in [0.25, 0.3) is 0 Å². The number of allylic oxidation sites excluding steroid dienone is 6. The Balaban J connectivity index is 1.14. The number of aryl methyl sites for hydroxylation is 2. The van der Waals surface area contributed by atoms with Gasteiger partial charge in [-0.25, -0.2) is 49.1 Å². The summed E-state index contributed by atoms with van der Waals surface area (Å²) in [6.07, 6.45) is 40.1. The van der Waals surface area contributed by atoms with Gasteiger partial charge in [-0.3, -0.25) is 19.9 Å². The fourth-order valence-corrected chi connectivity index (χ4v) is 13.9. The Bertz CT molecular complexity index is 4310. The molecule has 458 valence electrons. The molecule has 0 fully saturated rings. The Hall–Kier alpha value is -9.08. The van der Waals surface area contributed by atoms with Crippen LogP contribution in [0.25, 0.3) is 33.4 Å². The molecule has 0 aromatic carbocycles. The maximum absolute atomic E-state index is 5.73. The third-order valence-electron chi connectivity index (χ3n) is 15.9. The lowest BCUT2D eigenvalue weighted by atomic mass is 9.93. The maximum Gasteiger partial charge on any atom is 0.169 e. The van der Waals surface area contributed by atoms with Crippen LogP contribution in [0.2, 0.25) is 0 Å². The van der Waals surface area contributed by atoms with Crippen LogP contribution < -0.4 is 9.13 Å². The van der Waals surface area contributed by atoms with Crippen LogP contribution in [0.5, 0.6) is 0 Å². The van der Waals surface area contributed by atoms with Gasteiger partial charge in [-0.2, -0.15) is 47.0 Å². The van der Waals surface area contributed by atoms with E-state index >= 15 is 0 Å². The van der Waals surface area contributed by atoms with E-state index < -0.39 is 0 Å². The Morgan fingerprint density at radius 2 is 0.522 bits per heavy atom. The SMILES string of the molecule is CCSCCN1C=CC(=C2C3=NC(=NC4=NC(=NC5=NC(=NC6=NC(=N3)C(c3ccncc3)=C6c3ccncc3)C(c3cc[n+](CCSCC)cc3)=C5c3cc[n+](CCSCC)cc3)C(c3ccncc3)=C4c3ccncc3)C2=C2C=CN(CCSCC)C=C2)C=C1. The van der Waals surface area contributed by atoms with Gasteiger partial charge in [0.05, 0.1) is 11.5 Å². The predicted octanol–water partition coefficient (Wildman–Crippen LogP) is 12.5. The fraction of sp³-hybridized carbons (Fsp3) is 0.222. The van der Waals surface area contributed by atoms with Crippen LogP contribution in [-0.4, -0.2) is 136 Å². The number of aromatic nitrogens is 6. The molecule has 7 aliphatic rings. The monoisotopic (exact) mass is 1280 g/mol. The highest BCUT2D eigenvalue weighted by Gasteiger charge is 2.39. The first-order chi connectivity index (χ1) is 45.5. The van der Waals surface area contributed by atoms with Crippen molar-refractivity contribution < 1.29 is 9.13 Å². The van der Waals surface area contributed by atoms with Gasteiger partial charge in [-0.15, -0.1) is 0 Å². The zero-order valence-electron chi connectivity index (χ0n) is 51.7. The fourth-order valence-electron chi connectivity index (χ4n) is 11.4. The molecule has 13 heterocycles. The van der Waals surface area contributed by atoms with Crippen molar-refractivity contribution in [3.8, 4) is 0 Å². The highest BCUT2D eigenvalue weighted by atomic mass is 32.2. The van der Waals surface area contributed by atoms with Gasteiger partial charge in [-0.05, 0) is 140 Å². The van der Waals surface area contributed by atoms with Crippen molar-refractivity contribution in [2.45, 2.75) is 40.8 Å². The highest BCUT2D eigenvalue weighted by Crippen LogP contribution is 2.43. The molecule has 0 saturated carbocycles. The van der Waals surface area contributed by atoms with Crippen molar-refractivity contribution in [1.29, 1.82) is 0 Å². The van der Waals surface area contributed by atoms with Crippen LogP contribution in [0.15, 0.2) is 258 Å². The van der Waals surface area contributed by atoms with E-state index in [1.54, 1.807) is 49.6 Å². The largest absolute Gasteiger partial charge is 0.353 e. The Kier molecular flexibility index (Phi) is 19.8. The van der Waals surface area contributed by atoms with Crippen LogP contribution >= 0.6 is 47.0 Å². The number of rotatable bonds is 22. The molecule has 6 aromatic heterocycles. The van der Waals surface area contributed by atoms with E-state index in [2.05, 4.69) is 165 Å². The summed E-state index contributed by atoms with van der Waals surface area (Å²) in [5.41, 5.74) is 13.0. The zero-order valence-corrected chi connectivity index (χ0v) is 55.0. The topological polar surface area (TPSA) is 165 Å². The number of nitrogens with zero attached hydrogens (tertiary/aromatic N) is 16. The molecule has 92 heavy (non-hydrogen) atoms. The summed E-state index contributed by atoms with van der Waals surface area (Å²) in [5.74, 6) is 11.4. The summed E-state index contributed by atoms with van der Waals surface area (Å²) in [4.78, 5) is 67.8. The van der Waals surface area contributed by atoms with Crippen LogP contribution in [0, 0.1) is 0 Å². The molecule has 8 bridgehead atoms. The van der Waals surface area contributed by atoms with Gasteiger partial charge in [0.15, 0.2) is 84.6 Å². The average Bonchev–Trinajstić information content (AvgIpc) is 1.60. The molecule has 13 rings (SSSR count). The molecule has 0 saturated heterocycles. The van der Waals surface area contributed by atoms with Crippen LogP contribution in [-0.2, 0) is 13.1 Å². The number of pyridine rings is 6. The molecule has 0 atom stereocenters. The van der Waals surface area contributed by atoms with Crippen LogP contribution in [0.1, 0.15) is 61.1 Å². The molecule has 20 heteroatoms. The van der Waals surface area contributed by atoms with Gasteiger partial charge in [-0.1, -0.05) is 27.7 Å². The van der Waals surface area contributed by atoms with E-state index in [1.807, 2.05) is 95.6 Å². The van der Waals surface area contributed by atoms with Crippen LogP contribution in [0.3, 0.4) is 0 Å². The summed E-state index contributed by atoms with van der Waals surface area (Å²) in [6.45, 7) is 12.2. The Morgan fingerprint density at radius 3 is 0.772 bits per heavy atom. The summed E-state index contributed by atoms with van der Waals surface area (Å²) in [5, 5.41) is 0. The van der Waals surface area contributed by atoms with E-state index in [4.69, 9.17) is 39.9 Å². The van der Waals surface area contributed by atoms with Gasteiger partial charge in [0.2, 0.25) is 0 Å². The van der Waals surface area contributed by atoms with Gasteiger partial charge < -0.3 is 9.80 Å². The molecule has 6 aromatic rings. The maximum atomic E-state index is 5.73. The number of hydrogen-bond acceptors (Lipinski definition) is 18. The first kappa shape index (κ1) is 61.8. The molecule has 0 N–H and O–H groups in total. The number of amidine groups is 8. The predicted molar refractivity (Wildman–Crippen MR) is 386 cm³/mol. The van der Waals surface area contributed by atoms with Crippen molar-refractivity contribution >= 4 is 127 Å². The standard InChI is InChI=1S/C72H68N16S4/c1-5-89-45-41-85-33-17-53(18-34-85)61-62(54-19-35-86(36-20-54)42-46-90-6-2)70-80-66-59(51-13-29-75-30-14-51)60(52-15-31-76-32-16-52)68(78-66)82-72-64(56-23-39-88(40-24-56)44-48-92-8-4)63(55-21-37-87(38-22-55)43-47-91-7-3)71(84-72)81-67-58(50-11-27-74-28-12-50)57(49-9-25-73-26-10-49)65(77-67)79-69(61)83-70/h9-40H,5-8,41-48H2,1-4H3/q+2. The summed E-state index contributed by atoms with van der Waals surface area (Å²) >= 11 is 7.68. The van der Waals surface area contributed by atoms with Crippen molar-refractivity contribution in [2.75, 3.05) is 59.1 Å². The third-order valence-corrected chi connectivity index (χ3v) is 19.4. The van der Waals surface area contributed by atoms with Gasteiger partial charge >= 0.3 is 0 Å². The minimum atomic E-state index is 0.400. The molecular formula is C72H68N16S4+2. The molecular weight excluding hydrogens is 1220 g/mol. The van der Waals surface area contributed by atoms with Gasteiger partial charge in [0, 0.05) is 168 Å². The Labute approximate surface area is 554 Å². The lowest BCUT2D eigenvalue weighted by molar-refractivity contribution is -0.692. The number of aliphatic imine (C=N–C) groups is 8. The molecule has 0 aliphatic carbocycles. The van der Waals surface area contributed by atoms with E-state index in [1.165, 1.54) is 0 Å². The van der Waals surface area contributed by atoms with Crippen molar-refractivity contribution in [3.63, 3.8) is 0 Å². The molecule has 0 amide bonds. The lowest BCUT2D eigenvalue weighted by Gasteiger charge is -2.21. The average molecular weight is 1290 g/mol. The van der Waals surface area contributed by atoms with Crippen molar-refractivity contribution in [1.82, 2.24) is 29.7 Å². The summed E-state index contributed by atoms with van der Waals surface area (Å²) in [7, 11) is 0. The normalized spacial score (nSPS) is 16.8. The third kappa shape index (κ3) is 13.6. The zero-order chi connectivity index (χ0) is 62.6. The summed E-state index contributed by atoms with van der Waals surface area (Å²) in [6, 6.07) is 24.6. The van der Waals surface area contributed by atoms with E-state index in [0.717, 1.165) is 161 Å². The lowest BCUT2D eigenvalue weighted by Crippen LogP contribution is -2.34. The molecule has 0 unspecified atom stereocenters. The smallest absolute Gasteiger partial charge is 0.169 e. The molecule has 7 aliphatic heterocycles. The number of hydrogen-bond donors (Lipinski definition) is 0. The first-order valence-electron chi connectivity index (χ1n) is 31.1. The number of fused-ring (bicyclic) bond motifs is 4. The Morgan fingerprint density at radius 1 is 0.293 bits per heavy atom. The van der Waals surface area contributed by atoms with Crippen molar-refractivity contribution in [3.05, 3.63) is 252 Å². The minimum Gasteiger partial charge on any atom is -0.353 e. The molecule has 16 nitrogen and oxygen atoms in total. The van der Waals surface area contributed by atoms with E-state index in [-0.39, 0.29) is 0 Å². The minimum absolute atomic E-state index is 0.400. The second-order valence-corrected chi connectivity index (χ2v) is 27.1. The van der Waals surface area contributed by atoms with Crippen molar-refractivity contribution in [2.24, 2.45) is 39.9 Å².